The van der Waals surface area contributed by atoms with E-state index in [4.69, 9.17) is 9.47 Å². The highest BCUT2D eigenvalue weighted by molar-refractivity contribution is 5.74. The third-order valence-electron chi connectivity index (χ3n) is 2.47. The van der Waals surface area contributed by atoms with Crippen molar-refractivity contribution in [1.29, 1.82) is 0 Å². The first-order valence-corrected chi connectivity index (χ1v) is 7.07. The Morgan fingerprint density at radius 3 is 2.75 bits per heavy atom. The van der Waals surface area contributed by atoms with E-state index in [2.05, 4.69) is 9.97 Å². The van der Waals surface area contributed by atoms with Crippen LogP contribution < -0.4 is 9.64 Å². The minimum atomic E-state index is -0.274. The van der Waals surface area contributed by atoms with Gasteiger partial charge in [0.05, 0.1) is 13.2 Å². The van der Waals surface area contributed by atoms with E-state index in [1.807, 2.05) is 13.8 Å². The molecule has 0 saturated carbocycles. The summed E-state index contributed by atoms with van der Waals surface area (Å²) in [5.41, 5.74) is 0. The summed E-state index contributed by atoms with van der Waals surface area (Å²) in [4.78, 5) is 21.9. The molecule has 6 heteroatoms. The fourth-order valence-electron chi connectivity index (χ4n) is 1.65. The zero-order valence-corrected chi connectivity index (χ0v) is 12.5. The first kappa shape index (κ1) is 16.2. The summed E-state index contributed by atoms with van der Waals surface area (Å²) < 4.78 is 10.5. The molecule has 0 spiro atoms. The summed E-state index contributed by atoms with van der Waals surface area (Å²) in [6, 6.07) is 1.72. The molecule has 0 aliphatic heterocycles. The molecule has 0 aliphatic rings. The Morgan fingerprint density at radius 1 is 1.30 bits per heavy atom. The molecule has 0 atom stereocenters. The zero-order chi connectivity index (χ0) is 14.8. The van der Waals surface area contributed by atoms with Crippen LogP contribution in [-0.4, -0.2) is 42.2 Å². The molecule has 0 fully saturated rings. The highest BCUT2D eigenvalue weighted by Gasteiger charge is 2.14. The smallest absolute Gasteiger partial charge is 0.325 e. The summed E-state index contributed by atoms with van der Waals surface area (Å²) in [7, 11) is 0. The number of hydrogen-bond donors (Lipinski definition) is 0. The molecule has 0 aromatic carbocycles. The van der Waals surface area contributed by atoms with Crippen molar-refractivity contribution >= 4 is 11.9 Å². The number of ether oxygens (including phenoxy) is 2. The largest absolute Gasteiger partial charge is 0.478 e. The highest BCUT2D eigenvalue weighted by Crippen LogP contribution is 2.13. The van der Waals surface area contributed by atoms with Crippen LogP contribution in [0.4, 0.5) is 5.95 Å². The second-order valence-electron chi connectivity index (χ2n) is 4.27. The average molecular weight is 281 g/mol. The van der Waals surface area contributed by atoms with Crippen LogP contribution >= 0.6 is 0 Å². The van der Waals surface area contributed by atoms with E-state index in [1.54, 1.807) is 24.1 Å². The van der Waals surface area contributed by atoms with E-state index < -0.39 is 0 Å². The Balaban J connectivity index is 2.76. The molecule has 1 aromatic rings. The van der Waals surface area contributed by atoms with Crippen LogP contribution in [0.5, 0.6) is 5.88 Å². The van der Waals surface area contributed by atoms with Crippen LogP contribution in [-0.2, 0) is 9.53 Å². The summed E-state index contributed by atoms with van der Waals surface area (Å²) in [5, 5.41) is 0. The molecule has 0 radical (unpaired) electrons. The first-order chi connectivity index (χ1) is 9.71. The van der Waals surface area contributed by atoms with Gasteiger partial charge in [-0.25, -0.2) is 4.98 Å². The minimum absolute atomic E-state index is 0.152. The van der Waals surface area contributed by atoms with Crippen molar-refractivity contribution < 1.29 is 14.3 Å². The van der Waals surface area contributed by atoms with Crippen molar-refractivity contribution in [3.05, 3.63) is 12.3 Å². The average Bonchev–Trinajstić information content (AvgIpc) is 2.45. The predicted octanol–water partition coefficient (Wildman–Crippen LogP) is 2.04. The maximum absolute atomic E-state index is 11.6. The van der Waals surface area contributed by atoms with Gasteiger partial charge in [-0.05, 0) is 19.8 Å². The molecule has 20 heavy (non-hydrogen) atoms. The van der Waals surface area contributed by atoms with E-state index in [-0.39, 0.29) is 12.5 Å². The van der Waals surface area contributed by atoms with Crippen LogP contribution in [0.15, 0.2) is 12.3 Å². The van der Waals surface area contributed by atoms with E-state index in [9.17, 15) is 4.79 Å². The van der Waals surface area contributed by atoms with Gasteiger partial charge in [-0.1, -0.05) is 13.8 Å². The van der Waals surface area contributed by atoms with Gasteiger partial charge < -0.3 is 14.4 Å². The zero-order valence-electron chi connectivity index (χ0n) is 12.5. The van der Waals surface area contributed by atoms with Crippen LogP contribution in [0.2, 0.25) is 0 Å². The Kier molecular flexibility index (Phi) is 7.39. The Bertz CT molecular complexity index is 412. The van der Waals surface area contributed by atoms with Crippen molar-refractivity contribution in [3.63, 3.8) is 0 Å². The lowest BCUT2D eigenvalue weighted by Crippen LogP contribution is -2.33. The second-order valence-corrected chi connectivity index (χ2v) is 4.27. The van der Waals surface area contributed by atoms with E-state index in [0.717, 1.165) is 12.8 Å². The molecule has 112 valence electrons. The summed E-state index contributed by atoms with van der Waals surface area (Å²) in [6.45, 7) is 7.69. The van der Waals surface area contributed by atoms with Gasteiger partial charge in [0.1, 0.15) is 6.54 Å². The molecule has 1 heterocycles. The molecule has 0 amide bonds. The standard InChI is InChI=1S/C14H23N3O3/c1-4-9-17(11-13(18)19-6-3)14-15-8-7-12(16-14)20-10-5-2/h7-8H,4-6,9-11H2,1-3H3. The van der Waals surface area contributed by atoms with Crippen LogP contribution in [0.3, 0.4) is 0 Å². The van der Waals surface area contributed by atoms with Gasteiger partial charge in [0.15, 0.2) is 0 Å². The molecule has 0 aliphatic carbocycles. The van der Waals surface area contributed by atoms with Gasteiger partial charge in [0.25, 0.3) is 0 Å². The molecule has 1 aromatic heterocycles. The molecular formula is C14H23N3O3. The van der Waals surface area contributed by atoms with Crippen molar-refractivity contribution in [3.8, 4) is 5.88 Å². The monoisotopic (exact) mass is 281 g/mol. The molecule has 0 saturated heterocycles. The summed E-state index contributed by atoms with van der Waals surface area (Å²) >= 11 is 0. The predicted molar refractivity (Wildman–Crippen MR) is 77.0 cm³/mol. The van der Waals surface area contributed by atoms with Crippen molar-refractivity contribution in [2.24, 2.45) is 0 Å². The number of esters is 1. The third kappa shape index (κ3) is 5.42. The number of hydrogen-bond acceptors (Lipinski definition) is 6. The van der Waals surface area contributed by atoms with Crippen LogP contribution in [0, 0.1) is 0 Å². The Morgan fingerprint density at radius 2 is 2.10 bits per heavy atom. The maximum atomic E-state index is 11.6. The van der Waals surface area contributed by atoms with Crippen molar-refractivity contribution in [1.82, 2.24) is 9.97 Å². The number of nitrogens with zero attached hydrogens (tertiary/aromatic N) is 3. The van der Waals surface area contributed by atoms with Gasteiger partial charge in [0, 0.05) is 18.8 Å². The second kappa shape index (κ2) is 9.12. The molecule has 6 nitrogen and oxygen atoms in total. The topological polar surface area (TPSA) is 64.5 Å². The molecule has 1 rings (SSSR count). The van der Waals surface area contributed by atoms with Gasteiger partial charge in [-0.2, -0.15) is 4.98 Å². The number of carbonyl (C=O) groups is 1. The summed E-state index contributed by atoms with van der Waals surface area (Å²) in [6.07, 6.45) is 3.45. The molecule has 0 N–H and O–H groups in total. The van der Waals surface area contributed by atoms with Gasteiger partial charge >= 0.3 is 5.97 Å². The Labute approximate surface area is 120 Å². The van der Waals surface area contributed by atoms with Gasteiger partial charge in [0.2, 0.25) is 11.8 Å². The lowest BCUT2D eigenvalue weighted by molar-refractivity contribution is -0.141. The first-order valence-electron chi connectivity index (χ1n) is 7.07. The highest BCUT2D eigenvalue weighted by atomic mass is 16.5. The molecule has 0 unspecified atom stereocenters. The van der Waals surface area contributed by atoms with E-state index in [1.165, 1.54) is 0 Å². The quantitative estimate of drug-likeness (QED) is 0.645. The maximum Gasteiger partial charge on any atom is 0.325 e. The number of rotatable bonds is 9. The molecular weight excluding hydrogens is 258 g/mol. The third-order valence-corrected chi connectivity index (χ3v) is 2.47. The van der Waals surface area contributed by atoms with Crippen molar-refractivity contribution in [2.75, 3.05) is 31.2 Å². The fourth-order valence-corrected chi connectivity index (χ4v) is 1.65. The normalized spacial score (nSPS) is 10.2. The van der Waals surface area contributed by atoms with E-state index >= 15 is 0 Å². The number of anilines is 1. The SMILES string of the molecule is CCCOc1ccnc(N(CCC)CC(=O)OCC)n1. The van der Waals surface area contributed by atoms with E-state index in [0.29, 0.717) is 31.6 Å². The Hall–Kier alpha value is -1.85. The molecule has 0 bridgehead atoms. The van der Waals surface area contributed by atoms with Crippen LogP contribution in [0.25, 0.3) is 0 Å². The minimum Gasteiger partial charge on any atom is -0.478 e. The summed E-state index contributed by atoms with van der Waals surface area (Å²) in [5.74, 6) is 0.750. The number of aromatic nitrogens is 2. The number of carbonyl (C=O) groups excluding carboxylic acids is 1. The van der Waals surface area contributed by atoms with Crippen molar-refractivity contribution in [2.45, 2.75) is 33.6 Å². The van der Waals surface area contributed by atoms with Crippen LogP contribution in [0.1, 0.15) is 33.6 Å². The fraction of sp³-hybridized carbons (Fsp3) is 0.643. The van der Waals surface area contributed by atoms with Gasteiger partial charge in [-0.3, -0.25) is 4.79 Å². The lowest BCUT2D eigenvalue weighted by atomic mass is 10.4. The van der Waals surface area contributed by atoms with Gasteiger partial charge in [-0.15, -0.1) is 0 Å². The lowest BCUT2D eigenvalue weighted by Gasteiger charge is -2.21.